The van der Waals surface area contributed by atoms with Crippen LogP contribution in [0.4, 0.5) is 5.69 Å². The Labute approximate surface area is 103 Å². The van der Waals surface area contributed by atoms with Gasteiger partial charge in [-0.05, 0) is 23.8 Å². The summed E-state index contributed by atoms with van der Waals surface area (Å²) in [4.78, 5) is 13.2. The first-order chi connectivity index (χ1) is 8.52. The highest BCUT2D eigenvalue weighted by atomic mass is 16.3. The van der Waals surface area contributed by atoms with Crippen LogP contribution < -0.4 is 5.73 Å². The highest BCUT2D eigenvalue weighted by molar-refractivity contribution is 6.02. The zero-order chi connectivity index (χ0) is 13.3. The second-order valence-corrected chi connectivity index (χ2v) is 3.94. The van der Waals surface area contributed by atoms with Crippen molar-refractivity contribution in [2.24, 2.45) is 0 Å². The molecule has 1 aliphatic heterocycles. The maximum absolute atomic E-state index is 11.7. The standard InChI is InChI=1S/C12H11N3O3/c13-6-8(12(18)15-1-2-15)3-7-4-9(14)11(17)10(16)5-7/h3-5,16-17H,1-2,14H2/b8-3+. The van der Waals surface area contributed by atoms with E-state index in [2.05, 4.69) is 0 Å². The normalized spacial score (nSPS) is 14.2. The number of hydrogen-bond acceptors (Lipinski definition) is 5. The number of anilines is 1. The molecule has 92 valence electrons. The average Bonchev–Trinajstić information content (AvgIpc) is 3.16. The molecule has 1 aromatic rings. The number of carbonyl (C=O) groups is 1. The molecule has 0 atom stereocenters. The highest BCUT2D eigenvalue weighted by Crippen LogP contribution is 2.33. The largest absolute Gasteiger partial charge is 0.504 e. The number of carbonyl (C=O) groups excluding carboxylic acids is 1. The lowest BCUT2D eigenvalue weighted by molar-refractivity contribution is -0.121. The van der Waals surface area contributed by atoms with Gasteiger partial charge in [0.05, 0.1) is 5.69 Å². The quantitative estimate of drug-likeness (QED) is 0.230. The number of nitrogens with zero attached hydrogens (tertiary/aromatic N) is 2. The summed E-state index contributed by atoms with van der Waals surface area (Å²) < 4.78 is 0. The van der Waals surface area contributed by atoms with Gasteiger partial charge in [-0.2, -0.15) is 5.26 Å². The van der Waals surface area contributed by atoms with E-state index in [1.54, 1.807) is 0 Å². The number of rotatable bonds is 2. The molecule has 1 fully saturated rings. The predicted molar refractivity (Wildman–Crippen MR) is 64.4 cm³/mol. The van der Waals surface area contributed by atoms with Crippen LogP contribution in [0.15, 0.2) is 17.7 Å². The van der Waals surface area contributed by atoms with E-state index in [0.29, 0.717) is 18.7 Å². The van der Waals surface area contributed by atoms with E-state index in [1.807, 2.05) is 6.07 Å². The Kier molecular flexibility index (Phi) is 2.81. The summed E-state index contributed by atoms with van der Waals surface area (Å²) in [6.07, 6.45) is 1.33. The molecule has 6 heteroatoms. The average molecular weight is 245 g/mol. The monoisotopic (exact) mass is 245 g/mol. The number of amides is 1. The summed E-state index contributed by atoms with van der Waals surface area (Å²) in [5.41, 5.74) is 5.81. The minimum absolute atomic E-state index is 0.0160. The molecule has 0 spiro atoms. The van der Waals surface area contributed by atoms with Gasteiger partial charge in [0.25, 0.3) is 5.91 Å². The SMILES string of the molecule is N#C/C(=C\c1cc(N)c(O)c(O)c1)C(=O)N1CC1. The Balaban J connectivity index is 2.36. The number of phenolic OH excluding ortho intramolecular Hbond substituents is 2. The van der Waals surface area contributed by atoms with Gasteiger partial charge in [0.1, 0.15) is 11.6 Å². The third kappa shape index (κ3) is 2.20. The molecule has 0 radical (unpaired) electrons. The second kappa shape index (κ2) is 4.30. The van der Waals surface area contributed by atoms with Crippen molar-refractivity contribution in [2.75, 3.05) is 18.8 Å². The lowest BCUT2D eigenvalue weighted by Crippen LogP contribution is -2.11. The Hall–Kier alpha value is -2.68. The number of nitrogens with two attached hydrogens (primary N) is 1. The van der Waals surface area contributed by atoms with Gasteiger partial charge in [0, 0.05) is 13.1 Å². The van der Waals surface area contributed by atoms with Crippen molar-refractivity contribution in [3.05, 3.63) is 23.3 Å². The van der Waals surface area contributed by atoms with Crippen molar-refractivity contribution in [3.63, 3.8) is 0 Å². The van der Waals surface area contributed by atoms with Gasteiger partial charge in [0.15, 0.2) is 11.5 Å². The number of phenols is 2. The van der Waals surface area contributed by atoms with Crippen LogP contribution in [0.5, 0.6) is 11.5 Å². The first-order valence-electron chi connectivity index (χ1n) is 5.25. The van der Waals surface area contributed by atoms with Crippen molar-refractivity contribution < 1.29 is 15.0 Å². The van der Waals surface area contributed by atoms with E-state index in [1.165, 1.54) is 23.1 Å². The van der Waals surface area contributed by atoms with E-state index in [-0.39, 0.29) is 17.2 Å². The van der Waals surface area contributed by atoms with Gasteiger partial charge in [-0.3, -0.25) is 4.79 Å². The van der Waals surface area contributed by atoms with Crippen LogP contribution in [0, 0.1) is 11.3 Å². The smallest absolute Gasteiger partial charge is 0.264 e. The zero-order valence-electron chi connectivity index (χ0n) is 9.42. The third-order valence-corrected chi connectivity index (χ3v) is 2.54. The van der Waals surface area contributed by atoms with Crippen molar-refractivity contribution in [2.45, 2.75) is 0 Å². The molecule has 0 aromatic heterocycles. The molecule has 0 aliphatic carbocycles. The number of aromatic hydroxyl groups is 2. The number of nitrogen functional groups attached to an aromatic ring is 1. The Morgan fingerprint density at radius 3 is 2.61 bits per heavy atom. The summed E-state index contributed by atoms with van der Waals surface area (Å²) >= 11 is 0. The first kappa shape index (κ1) is 11.8. The number of benzene rings is 1. The van der Waals surface area contributed by atoms with Crippen LogP contribution in [0.25, 0.3) is 6.08 Å². The Morgan fingerprint density at radius 1 is 1.44 bits per heavy atom. The van der Waals surface area contributed by atoms with Crippen LogP contribution in [-0.2, 0) is 4.79 Å². The van der Waals surface area contributed by atoms with E-state index in [9.17, 15) is 15.0 Å². The molecule has 1 heterocycles. The van der Waals surface area contributed by atoms with E-state index >= 15 is 0 Å². The minimum atomic E-state index is -0.414. The van der Waals surface area contributed by atoms with Crippen LogP contribution in [0.2, 0.25) is 0 Å². The molecule has 0 bridgehead atoms. The fourth-order valence-electron chi connectivity index (χ4n) is 1.48. The van der Waals surface area contributed by atoms with Gasteiger partial charge in [0.2, 0.25) is 0 Å². The molecule has 0 unspecified atom stereocenters. The Morgan fingerprint density at radius 2 is 2.11 bits per heavy atom. The molecule has 6 nitrogen and oxygen atoms in total. The van der Waals surface area contributed by atoms with Gasteiger partial charge < -0.3 is 20.8 Å². The molecule has 1 aliphatic rings. The van der Waals surface area contributed by atoms with E-state index in [4.69, 9.17) is 11.0 Å². The summed E-state index contributed by atoms with van der Waals surface area (Å²) in [7, 11) is 0. The van der Waals surface area contributed by atoms with Crippen LogP contribution in [0.1, 0.15) is 5.56 Å². The topological polar surface area (TPSA) is 110 Å². The van der Waals surface area contributed by atoms with E-state index in [0.717, 1.165) is 0 Å². The first-order valence-corrected chi connectivity index (χ1v) is 5.25. The molecule has 0 saturated carbocycles. The highest BCUT2D eigenvalue weighted by Gasteiger charge is 2.27. The maximum Gasteiger partial charge on any atom is 0.264 e. The fourth-order valence-corrected chi connectivity index (χ4v) is 1.48. The molecule has 18 heavy (non-hydrogen) atoms. The molecular weight excluding hydrogens is 234 g/mol. The van der Waals surface area contributed by atoms with Gasteiger partial charge >= 0.3 is 0 Å². The Bertz CT molecular complexity index is 560. The van der Waals surface area contributed by atoms with Crippen LogP contribution in [-0.4, -0.2) is 34.1 Å². The molecular formula is C12H11N3O3. The summed E-state index contributed by atoms with van der Waals surface area (Å²) in [6, 6.07) is 4.42. The molecule has 2 rings (SSSR count). The van der Waals surface area contributed by atoms with Crippen LogP contribution in [0.3, 0.4) is 0 Å². The van der Waals surface area contributed by atoms with Crippen molar-refractivity contribution in [3.8, 4) is 17.6 Å². The second-order valence-electron chi connectivity index (χ2n) is 3.94. The van der Waals surface area contributed by atoms with Crippen LogP contribution >= 0.6 is 0 Å². The van der Waals surface area contributed by atoms with E-state index < -0.39 is 11.5 Å². The summed E-state index contributed by atoms with van der Waals surface area (Å²) in [5.74, 6) is -1.15. The fraction of sp³-hybridized carbons (Fsp3) is 0.167. The van der Waals surface area contributed by atoms with Crippen molar-refractivity contribution >= 4 is 17.7 Å². The maximum atomic E-state index is 11.7. The lowest BCUT2D eigenvalue weighted by atomic mass is 10.1. The molecule has 4 N–H and O–H groups in total. The van der Waals surface area contributed by atoms with Crippen molar-refractivity contribution in [1.82, 2.24) is 4.90 Å². The molecule has 1 saturated heterocycles. The third-order valence-electron chi connectivity index (χ3n) is 2.54. The summed E-state index contributed by atoms with van der Waals surface area (Å²) in [5, 5.41) is 27.6. The molecule has 1 aromatic carbocycles. The van der Waals surface area contributed by atoms with Gasteiger partial charge in [-0.15, -0.1) is 0 Å². The number of hydrogen-bond donors (Lipinski definition) is 3. The molecule has 1 amide bonds. The predicted octanol–water partition coefficient (Wildman–Crippen LogP) is 0.429. The zero-order valence-corrected chi connectivity index (χ0v) is 9.42. The van der Waals surface area contributed by atoms with Crippen molar-refractivity contribution in [1.29, 1.82) is 5.26 Å². The lowest BCUT2D eigenvalue weighted by Gasteiger charge is -2.04. The van der Waals surface area contributed by atoms with Gasteiger partial charge in [-0.1, -0.05) is 0 Å². The summed E-state index contributed by atoms with van der Waals surface area (Å²) in [6.45, 7) is 1.31. The minimum Gasteiger partial charge on any atom is -0.504 e. The van der Waals surface area contributed by atoms with Gasteiger partial charge in [-0.25, -0.2) is 0 Å². The number of nitriles is 1.